The molecule has 5 heteroatoms. The predicted molar refractivity (Wildman–Crippen MR) is 109 cm³/mol. The lowest BCUT2D eigenvalue weighted by Gasteiger charge is -2.13. The van der Waals surface area contributed by atoms with Crippen molar-refractivity contribution >= 4 is 22.2 Å². The van der Waals surface area contributed by atoms with E-state index in [9.17, 15) is 4.39 Å². The van der Waals surface area contributed by atoms with Crippen LogP contribution in [0.4, 0.5) is 4.39 Å². The molecule has 27 heavy (non-hydrogen) atoms. The van der Waals surface area contributed by atoms with Gasteiger partial charge >= 0.3 is 0 Å². The number of aromatic nitrogens is 1. The largest absolute Gasteiger partial charge is 0.497 e. The highest BCUT2D eigenvalue weighted by atomic mass is 32.1. The highest BCUT2D eigenvalue weighted by Gasteiger charge is 2.11. The fourth-order valence-corrected chi connectivity index (χ4v) is 3.74. The van der Waals surface area contributed by atoms with E-state index in [1.54, 1.807) is 24.5 Å². The fraction of sp³-hybridized carbons (Fsp3) is 0.136. The molecule has 0 aliphatic heterocycles. The van der Waals surface area contributed by atoms with Gasteiger partial charge in [-0.05, 0) is 58.3 Å². The summed E-state index contributed by atoms with van der Waals surface area (Å²) in [6.45, 7) is 1.46. The Bertz CT molecular complexity index is 1060. The van der Waals surface area contributed by atoms with E-state index in [-0.39, 0.29) is 5.82 Å². The molecule has 0 aliphatic rings. The van der Waals surface area contributed by atoms with Crippen LogP contribution >= 0.6 is 11.3 Å². The van der Waals surface area contributed by atoms with Crippen LogP contribution in [0.5, 0.6) is 5.75 Å². The van der Waals surface area contributed by atoms with E-state index in [0.717, 1.165) is 34.5 Å². The minimum atomic E-state index is -0.282. The van der Waals surface area contributed by atoms with E-state index in [4.69, 9.17) is 9.72 Å². The highest BCUT2D eigenvalue weighted by Crippen LogP contribution is 2.28. The SMILES string of the molecule is COc1cccc(-c2nc3cc(F)ccc3cc2CNCc2ccsc2)c1. The summed E-state index contributed by atoms with van der Waals surface area (Å²) in [5.74, 6) is 0.487. The number of nitrogens with zero attached hydrogens (tertiary/aromatic N) is 1. The molecular formula is C22H19FN2OS. The molecule has 0 saturated carbocycles. The van der Waals surface area contributed by atoms with Crippen LogP contribution < -0.4 is 10.1 Å². The van der Waals surface area contributed by atoms with E-state index < -0.39 is 0 Å². The molecule has 2 aromatic carbocycles. The van der Waals surface area contributed by atoms with E-state index >= 15 is 0 Å². The topological polar surface area (TPSA) is 34.1 Å². The zero-order chi connectivity index (χ0) is 18.6. The molecule has 4 aromatic rings. The Kier molecular flexibility index (Phi) is 5.14. The standard InChI is InChI=1S/C22H19FN2OS/c1-26-20-4-2-3-17(10-20)22-18(13-24-12-15-7-8-27-14-15)9-16-5-6-19(23)11-21(16)25-22/h2-11,14,24H,12-13H2,1H3. The number of fused-ring (bicyclic) bond motifs is 1. The Balaban J connectivity index is 1.73. The summed E-state index contributed by atoms with van der Waals surface area (Å²) < 4.78 is 19.0. The van der Waals surface area contributed by atoms with Gasteiger partial charge in [-0.2, -0.15) is 11.3 Å². The fourth-order valence-electron chi connectivity index (χ4n) is 3.07. The van der Waals surface area contributed by atoms with Gasteiger partial charge in [0.2, 0.25) is 0 Å². The average Bonchev–Trinajstić information content (AvgIpc) is 3.21. The van der Waals surface area contributed by atoms with Crippen molar-refractivity contribution in [3.05, 3.63) is 82.3 Å². The third-order valence-corrected chi connectivity index (χ3v) is 5.16. The molecule has 1 N–H and O–H groups in total. The molecule has 0 saturated heterocycles. The van der Waals surface area contributed by atoms with Gasteiger partial charge in [-0.15, -0.1) is 0 Å². The van der Waals surface area contributed by atoms with Crippen molar-refractivity contribution in [3.8, 4) is 17.0 Å². The van der Waals surface area contributed by atoms with Gasteiger partial charge in [0.15, 0.2) is 0 Å². The van der Waals surface area contributed by atoms with Crippen LogP contribution in [0, 0.1) is 5.82 Å². The second-order valence-electron chi connectivity index (χ2n) is 6.30. The Labute approximate surface area is 161 Å². The lowest BCUT2D eigenvalue weighted by Crippen LogP contribution is -2.13. The first-order valence-corrected chi connectivity index (χ1v) is 9.62. The molecule has 0 spiro atoms. The zero-order valence-corrected chi connectivity index (χ0v) is 15.7. The molecular weight excluding hydrogens is 359 g/mol. The lowest BCUT2D eigenvalue weighted by atomic mass is 10.0. The molecule has 0 aliphatic carbocycles. The van der Waals surface area contributed by atoms with E-state index in [1.807, 2.05) is 24.3 Å². The molecule has 136 valence electrons. The number of nitrogens with one attached hydrogen (secondary N) is 1. The summed E-state index contributed by atoms with van der Waals surface area (Å²) in [7, 11) is 1.64. The second-order valence-corrected chi connectivity index (χ2v) is 7.08. The minimum absolute atomic E-state index is 0.282. The molecule has 0 fully saturated rings. The first-order chi connectivity index (χ1) is 13.2. The van der Waals surface area contributed by atoms with Gasteiger partial charge in [-0.3, -0.25) is 0 Å². The van der Waals surface area contributed by atoms with Crippen LogP contribution in [0.3, 0.4) is 0 Å². The van der Waals surface area contributed by atoms with Crippen molar-refractivity contribution in [3.63, 3.8) is 0 Å². The summed E-state index contributed by atoms with van der Waals surface area (Å²) >= 11 is 1.69. The van der Waals surface area contributed by atoms with Crippen LogP contribution in [0.25, 0.3) is 22.2 Å². The van der Waals surface area contributed by atoms with E-state index in [0.29, 0.717) is 12.1 Å². The molecule has 0 radical (unpaired) electrons. The summed E-state index contributed by atoms with van der Waals surface area (Å²) in [5, 5.41) is 8.62. The van der Waals surface area contributed by atoms with Gasteiger partial charge < -0.3 is 10.1 Å². The number of benzene rings is 2. The molecule has 0 amide bonds. The number of thiophene rings is 1. The third-order valence-electron chi connectivity index (χ3n) is 4.43. The van der Waals surface area contributed by atoms with Crippen LogP contribution in [-0.2, 0) is 13.1 Å². The quantitative estimate of drug-likeness (QED) is 0.488. The highest BCUT2D eigenvalue weighted by molar-refractivity contribution is 7.07. The van der Waals surface area contributed by atoms with Crippen LogP contribution in [0.2, 0.25) is 0 Å². The lowest BCUT2D eigenvalue weighted by molar-refractivity contribution is 0.415. The molecule has 0 unspecified atom stereocenters. The number of rotatable bonds is 6. The summed E-state index contributed by atoms with van der Waals surface area (Å²) in [5.41, 5.74) is 4.77. The van der Waals surface area contributed by atoms with Crippen molar-refractivity contribution in [1.82, 2.24) is 10.3 Å². The zero-order valence-electron chi connectivity index (χ0n) is 14.9. The van der Waals surface area contributed by atoms with Crippen molar-refractivity contribution in [2.75, 3.05) is 7.11 Å². The molecule has 0 bridgehead atoms. The number of ether oxygens (including phenoxy) is 1. The first-order valence-electron chi connectivity index (χ1n) is 8.68. The van der Waals surface area contributed by atoms with Crippen molar-refractivity contribution < 1.29 is 9.13 Å². The van der Waals surface area contributed by atoms with Gasteiger partial charge in [-0.1, -0.05) is 12.1 Å². The van der Waals surface area contributed by atoms with Crippen molar-refractivity contribution in [1.29, 1.82) is 0 Å². The minimum Gasteiger partial charge on any atom is -0.497 e. The maximum atomic E-state index is 13.7. The Morgan fingerprint density at radius 3 is 2.81 bits per heavy atom. The maximum absolute atomic E-state index is 13.7. The average molecular weight is 378 g/mol. The Hall–Kier alpha value is -2.76. The van der Waals surface area contributed by atoms with E-state index in [1.165, 1.54) is 17.7 Å². The predicted octanol–water partition coefficient (Wildman–Crippen LogP) is 5.40. The summed E-state index contributed by atoms with van der Waals surface area (Å²) in [4.78, 5) is 4.76. The molecule has 3 nitrogen and oxygen atoms in total. The van der Waals surface area contributed by atoms with Crippen LogP contribution in [0.15, 0.2) is 65.4 Å². The molecule has 2 aromatic heterocycles. The molecule has 2 heterocycles. The number of hydrogen-bond donors (Lipinski definition) is 1. The number of halogens is 1. The summed E-state index contributed by atoms with van der Waals surface area (Å²) in [6, 6.07) is 16.7. The van der Waals surface area contributed by atoms with Gasteiger partial charge in [0, 0.05) is 30.1 Å². The normalized spacial score (nSPS) is 11.0. The Morgan fingerprint density at radius 2 is 2.00 bits per heavy atom. The number of pyridine rings is 1. The van der Waals surface area contributed by atoms with E-state index in [2.05, 4.69) is 28.2 Å². The number of hydrogen-bond acceptors (Lipinski definition) is 4. The monoisotopic (exact) mass is 378 g/mol. The summed E-state index contributed by atoms with van der Waals surface area (Å²) in [6.07, 6.45) is 0. The van der Waals surface area contributed by atoms with Crippen LogP contribution in [0.1, 0.15) is 11.1 Å². The number of methoxy groups -OCH3 is 1. The smallest absolute Gasteiger partial charge is 0.125 e. The van der Waals surface area contributed by atoms with Crippen LogP contribution in [-0.4, -0.2) is 12.1 Å². The van der Waals surface area contributed by atoms with Gasteiger partial charge in [0.1, 0.15) is 11.6 Å². The van der Waals surface area contributed by atoms with Crippen molar-refractivity contribution in [2.24, 2.45) is 0 Å². The van der Waals surface area contributed by atoms with Gasteiger partial charge in [0.25, 0.3) is 0 Å². The Morgan fingerprint density at radius 1 is 1.07 bits per heavy atom. The second kappa shape index (κ2) is 7.86. The first kappa shape index (κ1) is 17.6. The van der Waals surface area contributed by atoms with Crippen molar-refractivity contribution in [2.45, 2.75) is 13.1 Å². The molecule has 0 atom stereocenters. The van der Waals surface area contributed by atoms with Gasteiger partial charge in [0.05, 0.1) is 18.3 Å². The molecule has 4 rings (SSSR count). The maximum Gasteiger partial charge on any atom is 0.125 e. The van der Waals surface area contributed by atoms with Gasteiger partial charge in [-0.25, -0.2) is 9.37 Å². The third kappa shape index (κ3) is 3.99.